The standard InChI is InChI=1S/C19H14ClNO2/c1-23-19(22)15-8-6-13(7-9-15)12-16(20)18-11-10-14-4-2-3-5-17(14)21-18/h2-12H,1H3/b16-12-. The highest BCUT2D eigenvalue weighted by molar-refractivity contribution is 6.51. The molecule has 4 heteroatoms. The van der Waals surface area contributed by atoms with Gasteiger partial charge in [-0.25, -0.2) is 9.78 Å². The van der Waals surface area contributed by atoms with Crippen molar-refractivity contribution in [1.29, 1.82) is 0 Å². The van der Waals surface area contributed by atoms with Gasteiger partial charge in [-0.3, -0.25) is 0 Å². The molecule has 0 bridgehead atoms. The van der Waals surface area contributed by atoms with E-state index < -0.39 is 0 Å². The fourth-order valence-electron chi connectivity index (χ4n) is 2.25. The first-order valence-corrected chi connectivity index (χ1v) is 7.47. The van der Waals surface area contributed by atoms with E-state index in [1.165, 1.54) is 7.11 Å². The van der Waals surface area contributed by atoms with Crippen LogP contribution in [-0.2, 0) is 4.74 Å². The highest BCUT2D eigenvalue weighted by Gasteiger charge is 2.05. The zero-order chi connectivity index (χ0) is 16.2. The predicted octanol–water partition coefficient (Wildman–Crippen LogP) is 4.76. The molecule has 0 unspecified atom stereocenters. The first kappa shape index (κ1) is 15.3. The number of ether oxygens (including phenoxy) is 1. The highest BCUT2D eigenvalue weighted by Crippen LogP contribution is 2.23. The summed E-state index contributed by atoms with van der Waals surface area (Å²) in [5.74, 6) is -0.358. The Bertz CT molecular complexity index is 885. The lowest BCUT2D eigenvalue weighted by Gasteiger charge is -2.03. The van der Waals surface area contributed by atoms with Crippen LogP contribution in [0.25, 0.3) is 22.0 Å². The summed E-state index contributed by atoms with van der Waals surface area (Å²) < 4.78 is 4.68. The number of aromatic nitrogens is 1. The van der Waals surface area contributed by atoms with Crippen LogP contribution in [0.15, 0.2) is 60.7 Å². The molecule has 114 valence electrons. The van der Waals surface area contributed by atoms with E-state index in [1.54, 1.807) is 12.1 Å². The normalized spacial score (nSPS) is 11.5. The van der Waals surface area contributed by atoms with E-state index in [4.69, 9.17) is 11.6 Å². The Kier molecular flexibility index (Phi) is 4.40. The summed E-state index contributed by atoms with van der Waals surface area (Å²) in [4.78, 5) is 16.0. The van der Waals surface area contributed by atoms with Crippen molar-refractivity contribution in [3.8, 4) is 0 Å². The van der Waals surface area contributed by atoms with Gasteiger partial charge in [0.1, 0.15) is 0 Å². The monoisotopic (exact) mass is 323 g/mol. The number of rotatable bonds is 3. The largest absolute Gasteiger partial charge is 0.465 e. The molecule has 0 fully saturated rings. The number of benzene rings is 2. The number of hydrogen-bond acceptors (Lipinski definition) is 3. The van der Waals surface area contributed by atoms with Gasteiger partial charge in [0.25, 0.3) is 0 Å². The minimum Gasteiger partial charge on any atom is -0.465 e. The second-order valence-corrected chi connectivity index (χ2v) is 5.40. The van der Waals surface area contributed by atoms with Crippen molar-refractivity contribution in [2.24, 2.45) is 0 Å². The van der Waals surface area contributed by atoms with Gasteiger partial charge in [0, 0.05) is 5.39 Å². The maximum absolute atomic E-state index is 11.4. The maximum Gasteiger partial charge on any atom is 0.337 e. The molecule has 0 aliphatic carbocycles. The van der Waals surface area contributed by atoms with E-state index in [1.807, 2.05) is 54.6 Å². The second-order valence-electron chi connectivity index (χ2n) is 5.00. The summed E-state index contributed by atoms with van der Waals surface area (Å²) in [6.45, 7) is 0. The number of hydrogen-bond donors (Lipinski definition) is 0. The fraction of sp³-hybridized carbons (Fsp3) is 0.0526. The Hall–Kier alpha value is -2.65. The van der Waals surface area contributed by atoms with Crippen molar-refractivity contribution in [1.82, 2.24) is 4.98 Å². The maximum atomic E-state index is 11.4. The molecule has 2 aromatic carbocycles. The number of nitrogens with zero attached hydrogens (tertiary/aromatic N) is 1. The molecule has 3 rings (SSSR count). The van der Waals surface area contributed by atoms with Crippen LogP contribution in [0.5, 0.6) is 0 Å². The SMILES string of the molecule is COC(=O)c1ccc(/C=C(\Cl)c2ccc3ccccc3n2)cc1. The van der Waals surface area contributed by atoms with Gasteiger partial charge in [-0.2, -0.15) is 0 Å². The lowest BCUT2D eigenvalue weighted by atomic mass is 10.1. The second kappa shape index (κ2) is 6.63. The molecule has 0 N–H and O–H groups in total. The average Bonchev–Trinajstić information content (AvgIpc) is 2.61. The van der Waals surface area contributed by atoms with Crippen LogP contribution in [0, 0.1) is 0 Å². The Labute approximate surface area is 139 Å². The summed E-state index contributed by atoms with van der Waals surface area (Å²) in [5.41, 5.74) is 3.00. The van der Waals surface area contributed by atoms with Crippen LogP contribution in [0.4, 0.5) is 0 Å². The molecular formula is C19H14ClNO2. The minimum atomic E-state index is -0.358. The Morgan fingerprint density at radius 1 is 1.04 bits per heavy atom. The van der Waals surface area contributed by atoms with Crippen LogP contribution in [0.3, 0.4) is 0 Å². The molecule has 1 heterocycles. The average molecular weight is 324 g/mol. The van der Waals surface area contributed by atoms with E-state index in [2.05, 4.69) is 9.72 Å². The summed E-state index contributed by atoms with van der Waals surface area (Å²) in [6, 6.07) is 18.8. The zero-order valence-corrected chi connectivity index (χ0v) is 13.2. The molecule has 1 aromatic heterocycles. The number of pyridine rings is 1. The number of esters is 1. The number of carbonyl (C=O) groups excluding carboxylic acids is 1. The van der Waals surface area contributed by atoms with Crippen LogP contribution in [-0.4, -0.2) is 18.1 Å². The van der Waals surface area contributed by atoms with Gasteiger partial charge in [0.2, 0.25) is 0 Å². The molecule has 0 aliphatic heterocycles. The molecule has 0 atom stereocenters. The molecule has 0 saturated heterocycles. The molecule has 0 radical (unpaired) electrons. The van der Waals surface area contributed by atoms with Crippen molar-refractivity contribution in [2.75, 3.05) is 7.11 Å². The van der Waals surface area contributed by atoms with Gasteiger partial charge in [-0.1, -0.05) is 48.0 Å². The molecule has 0 amide bonds. The summed E-state index contributed by atoms with van der Waals surface area (Å²) in [6.07, 6.45) is 1.82. The molecular weight excluding hydrogens is 310 g/mol. The summed E-state index contributed by atoms with van der Waals surface area (Å²) in [5, 5.41) is 1.62. The van der Waals surface area contributed by atoms with Crippen molar-refractivity contribution >= 4 is 39.6 Å². The van der Waals surface area contributed by atoms with Gasteiger partial charge in [-0.15, -0.1) is 0 Å². The molecule has 23 heavy (non-hydrogen) atoms. The lowest BCUT2D eigenvalue weighted by molar-refractivity contribution is 0.0601. The Balaban J connectivity index is 1.89. The summed E-state index contributed by atoms with van der Waals surface area (Å²) >= 11 is 6.38. The quantitative estimate of drug-likeness (QED) is 0.652. The first-order valence-electron chi connectivity index (χ1n) is 7.09. The molecule has 0 saturated carbocycles. The van der Waals surface area contributed by atoms with Gasteiger partial charge in [-0.05, 0) is 35.9 Å². The third-order valence-corrected chi connectivity index (χ3v) is 3.77. The first-order chi connectivity index (χ1) is 11.2. The van der Waals surface area contributed by atoms with Gasteiger partial charge < -0.3 is 4.74 Å². The lowest BCUT2D eigenvalue weighted by Crippen LogP contribution is -2.00. The van der Waals surface area contributed by atoms with Crippen molar-refractivity contribution < 1.29 is 9.53 Å². The number of fused-ring (bicyclic) bond motifs is 1. The van der Waals surface area contributed by atoms with Crippen LogP contribution < -0.4 is 0 Å². The molecule has 0 spiro atoms. The Morgan fingerprint density at radius 2 is 1.78 bits per heavy atom. The molecule has 3 nitrogen and oxygen atoms in total. The van der Waals surface area contributed by atoms with Gasteiger partial charge in [0.15, 0.2) is 0 Å². The smallest absolute Gasteiger partial charge is 0.337 e. The van der Waals surface area contributed by atoms with E-state index in [0.29, 0.717) is 16.3 Å². The van der Waals surface area contributed by atoms with Crippen LogP contribution in [0.1, 0.15) is 21.6 Å². The molecule has 0 aliphatic rings. The van der Waals surface area contributed by atoms with Crippen LogP contribution >= 0.6 is 11.6 Å². The minimum absolute atomic E-state index is 0.358. The topological polar surface area (TPSA) is 39.2 Å². The predicted molar refractivity (Wildman–Crippen MR) is 93.2 cm³/mol. The highest BCUT2D eigenvalue weighted by atomic mass is 35.5. The van der Waals surface area contributed by atoms with E-state index in [0.717, 1.165) is 16.5 Å². The van der Waals surface area contributed by atoms with E-state index in [9.17, 15) is 4.79 Å². The van der Waals surface area contributed by atoms with Crippen LogP contribution in [0.2, 0.25) is 0 Å². The number of methoxy groups -OCH3 is 1. The van der Waals surface area contributed by atoms with Gasteiger partial charge in [0.05, 0.1) is 28.9 Å². The molecule has 3 aromatic rings. The number of para-hydroxylation sites is 1. The van der Waals surface area contributed by atoms with Crippen molar-refractivity contribution in [2.45, 2.75) is 0 Å². The zero-order valence-electron chi connectivity index (χ0n) is 12.5. The fourth-order valence-corrected chi connectivity index (χ4v) is 2.48. The third kappa shape index (κ3) is 3.41. The number of carbonyl (C=O) groups is 1. The summed E-state index contributed by atoms with van der Waals surface area (Å²) in [7, 11) is 1.36. The van der Waals surface area contributed by atoms with Gasteiger partial charge >= 0.3 is 5.97 Å². The van der Waals surface area contributed by atoms with E-state index >= 15 is 0 Å². The van der Waals surface area contributed by atoms with Crippen molar-refractivity contribution in [3.05, 3.63) is 77.5 Å². The third-order valence-electron chi connectivity index (χ3n) is 3.47. The number of halogens is 1. The Morgan fingerprint density at radius 3 is 2.52 bits per heavy atom. The van der Waals surface area contributed by atoms with Crippen molar-refractivity contribution in [3.63, 3.8) is 0 Å². The van der Waals surface area contributed by atoms with E-state index in [-0.39, 0.29) is 5.97 Å².